The van der Waals surface area contributed by atoms with E-state index in [0.29, 0.717) is 0 Å². The Balaban J connectivity index is 3.39. The van der Waals surface area contributed by atoms with Gasteiger partial charge in [0.25, 0.3) is 0 Å². The van der Waals surface area contributed by atoms with Crippen LogP contribution in [0.3, 0.4) is 0 Å². The molecule has 17 heavy (non-hydrogen) atoms. The van der Waals surface area contributed by atoms with Crippen molar-refractivity contribution in [1.82, 2.24) is 0 Å². The number of nitrogens with zero attached hydrogens (tertiary/aromatic N) is 1. The molecule has 0 aliphatic carbocycles. The van der Waals surface area contributed by atoms with E-state index < -0.39 is 34.4 Å². The maximum atomic E-state index is 12.0. The highest BCUT2D eigenvalue weighted by Crippen LogP contribution is 2.36. The zero-order chi connectivity index (χ0) is 13.2. The van der Waals surface area contributed by atoms with Gasteiger partial charge in [0.1, 0.15) is 5.69 Å². The van der Waals surface area contributed by atoms with Gasteiger partial charge >= 0.3 is 12.3 Å². The number of anilines is 1. The Kier molecular flexibility index (Phi) is 3.56. The molecule has 0 aliphatic rings. The molecular weight excluding hydrogens is 238 g/mol. The molecule has 6 nitrogen and oxygen atoms in total. The van der Waals surface area contributed by atoms with E-state index in [1.54, 1.807) is 0 Å². The second kappa shape index (κ2) is 4.73. The molecule has 0 radical (unpaired) electrons. The Bertz CT molecular complexity index is 476. The van der Waals surface area contributed by atoms with Crippen molar-refractivity contribution < 1.29 is 23.2 Å². The number of carbonyl (C=O) groups excluding carboxylic acids is 1. The Morgan fingerprint density at radius 2 is 2.12 bits per heavy atom. The number of nitro groups is 1. The largest absolute Gasteiger partial charge is 0.427 e. The lowest BCUT2D eigenvalue weighted by Gasteiger charge is -2.08. The molecule has 0 fully saturated rings. The van der Waals surface area contributed by atoms with Gasteiger partial charge in [0.15, 0.2) is 5.78 Å². The molecule has 8 heteroatoms. The standard InChI is InChI=1S/C9H8F2N2O4/c1-4(14)5-2-3-6(17-9(10)11)8(7(5)12)13(15)16/h2-3,9H,12H2,1H3. The molecule has 2 N–H and O–H groups in total. The van der Waals surface area contributed by atoms with Gasteiger partial charge in [-0.3, -0.25) is 14.9 Å². The Labute approximate surface area is 94.1 Å². The van der Waals surface area contributed by atoms with Crippen molar-refractivity contribution in [3.63, 3.8) is 0 Å². The zero-order valence-electron chi connectivity index (χ0n) is 8.65. The summed E-state index contributed by atoms with van der Waals surface area (Å²) in [5.41, 5.74) is 3.94. The predicted octanol–water partition coefficient (Wildman–Crippen LogP) is 1.98. The molecule has 1 aromatic rings. The van der Waals surface area contributed by atoms with Crippen LogP contribution < -0.4 is 10.5 Å². The predicted molar refractivity (Wildman–Crippen MR) is 54.1 cm³/mol. The van der Waals surface area contributed by atoms with Crippen molar-refractivity contribution in [2.45, 2.75) is 13.5 Å². The molecule has 0 amide bonds. The summed E-state index contributed by atoms with van der Waals surface area (Å²) in [5, 5.41) is 10.7. The molecule has 0 unspecified atom stereocenters. The third kappa shape index (κ3) is 2.65. The number of benzene rings is 1. The summed E-state index contributed by atoms with van der Waals surface area (Å²) in [7, 11) is 0. The highest BCUT2D eigenvalue weighted by Gasteiger charge is 2.25. The number of rotatable bonds is 4. The van der Waals surface area contributed by atoms with Gasteiger partial charge < -0.3 is 10.5 Å². The first-order chi connectivity index (χ1) is 7.84. The number of hydrogen-bond donors (Lipinski definition) is 1. The molecule has 0 saturated heterocycles. The van der Waals surface area contributed by atoms with Crippen LogP contribution in [0.25, 0.3) is 0 Å². The quantitative estimate of drug-likeness (QED) is 0.379. The van der Waals surface area contributed by atoms with E-state index in [4.69, 9.17) is 5.73 Å². The lowest BCUT2D eigenvalue weighted by atomic mass is 10.1. The summed E-state index contributed by atoms with van der Waals surface area (Å²) in [4.78, 5) is 20.8. The molecule has 0 atom stereocenters. The average molecular weight is 246 g/mol. The average Bonchev–Trinajstić information content (AvgIpc) is 2.15. The lowest BCUT2D eigenvalue weighted by Crippen LogP contribution is -2.09. The fourth-order valence-electron chi connectivity index (χ4n) is 1.27. The first kappa shape index (κ1) is 12.8. The smallest absolute Gasteiger partial charge is 0.387 e. The molecule has 0 spiro atoms. The van der Waals surface area contributed by atoms with Crippen LogP contribution in [0.5, 0.6) is 5.75 Å². The van der Waals surface area contributed by atoms with E-state index >= 15 is 0 Å². The highest BCUT2D eigenvalue weighted by molar-refractivity contribution is 6.01. The molecule has 92 valence electrons. The second-order valence-corrected chi connectivity index (χ2v) is 3.07. The van der Waals surface area contributed by atoms with Crippen LogP contribution in [0, 0.1) is 10.1 Å². The van der Waals surface area contributed by atoms with Crippen molar-refractivity contribution >= 4 is 17.2 Å². The van der Waals surface area contributed by atoms with Gasteiger partial charge in [-0.15, -0.1) is 0 Å². The van der Waals surface area contributed by atoms with Crippen LogP contribution >= 0.6 is 0 Å². The van der Waals surface area contributed by atoms with Crippen LogP contribution in [0.15, 0.2) is 12.1 Å². The zero-order valence-corrected chi connectivity index (χ0v) is 8.65. The number of ketones is 1. The number of nitrogens with two attached hydrogens (primary N) is 1. The Hall–Kier alpha value is -2.25. The summed E-state index contributed by atoms with van der Waals surface area (Å²) < 4.78 is 28.0. The van der Waals surface area contributed by atoms with E-state index in [0.717, 1.165) is 19.1 Å². The van der Waals surface area contributed by atoms with Gasteiger partial charge in [0.2, 0.25) is 5.75 Å². The van der Waals surface area contributed by atoms with Gasteiger partial charge in [0, 0.05) is 5.56 Å². The van der Waals surface area contributed by atoms with Crippen LogP contribution in [0.1, 0.15) is 17.3 Å². The van der Waals surface area contributed by atoms with Gasteiger partial charge in [0.05, 0.1) is 4.92 Å². The number of nitrogen functional groups attached to an aromatic ring is 1. The maximum Gasteiger partial charge on any atom is 0.387 e. The van der Waals surface area contributed by atoms with E-state index in [1.165, 1.54) is 0 Å². The Morgan fingerprint density at radius 3 is 2.53 bits per heavy atom. The van der Waals surface area contributed by atoms with Crippen LogP contribution in [0.4, 0.5) is 20.2 Å². The summed E-state index contributed by atoms with van der Waals surface area (Å²) in [6, 6.07) is 2.01. The van der Waals surface area contributed by atoms with Crippen molar-refractivity contribution in [1.29, 1.82) is 0 Å². The van der Waals surface area contributed by atoms with Crippen LogP contribution in [-0.2, 0) is 0 Å². The highest BCUT2D eigenvalue weighted by atomic mass is 19.3. The first-order valence-corrected chi connectivity index (χ1v) is 4.37. The molecule has 0 aromatic heterocycles. The van der Waals surface area contributed by atoms with Crippen LogP contribution in [0.2, 0.25) is 0 Å². The monoisotopic (exact) mass is 246 g/mol. The van der Waals surface area contributed by atoms with Crippen molar-refractivity contribution in [3.05, 3.63) is 27.8 Å². The summed E-state index contributed by atoms with van der Waals surface area (Å²) in [6.45, 7) is -2.06. The minimum Gasteiger partial charge on any atom is -0.427 e. The van der Waals surface area contributed by atoms with Gasteiger partial charge in [-0.2, -0.15) is 8.78 Å². The molecule has 1 aromatic carbocycles. The first-order valence-electron chi connectivity index (χ1n) is 4.37. The molecular formula is C9H8F2N2O4. The number of carbonyl (C=O) groups is 1. The second-order valence-electron chi connectivity index (χ2n) is 3.07. The SMILES string of the molecule is CC(=O)c1ccc(OC(F)F)c([N+](=O)[O-])c1N. The number of nitro benzene ring substituents is 1. The number of ether oxygens (including phenoxy) is 1. The molecule has 0 heterocycles. The van der Waals surface area contributed by atoms with Gasteiger partial charge in [-0.25, -0.2) is 0 Å². The number of hydrogen-bond acceptors (Lipinski definition) is 5. The lowest BCUT2D eigenvalue weighted by molar-refractivity contribution is -0.385. The third-order valence-corrected chi connectivity index (χ3v) is 1.96. The minimum absolute atomic E-state index is 0.113. The molecule has 1 rings (SSSR count). The van der Waals surface area contributed by atoms with Crippen LogP contribution in [-0.4, -0.2) is 17.3 Å². The van der Waals surface area contributed by atoms with Crippen molar-refractivity contribution in [3.8, 4) is 5.75 Å². The van der Waals surface area contributed by atoms with E-state index in [9.17, 15) is 23.7 Å². The van der Waals surface area contributed by atoms with E-state index in [-0.39, 0.29) is 5.56 Å². The topological polar surface area (TPSA) is 95.5 Å². The Morgan fingerprint density at radius 1 is 1.53 bits per heavy atom. The van der Waals surface area contributed by atoms with Gasteiger partial charge in [-0.1, -0.05) is 0 Å². The summed E-state index contributed by atoms with van der Waals surface area (Å²) in [6.07, 6.45) is 0. The number of alkyl halides is 2. The van der Waals surface area contributed by atoms with Gasteiger partial charge in [-0.05, 0) is 19.1 Å². The van der Waals surface area contributed by atoms with Crippen molar-refractivity contribution in [2.24, 2.45) is 0 Å². The minimum atomic E-state index is -3.21. The fourth-order valence-corrected chi connectivity index (χ4v) is 1.27. The van der Waals surface area contributed by atoms with E-state index in [1.807, 2.05) is 0 Å². The number of Topliss-reactive ketones (excluding diaryl/α,β-unsaturated/α-hetero) is 1. The third-order valence-electron chi connectivity index (χ3n) is 1.96. The summed E-state index contributed by atoms with van der Waals surface area (Å²) >= 11 is 0. The summed E-state index contributed by atoms with van der Waals surface area (Å²) in [5.74, 6) is -1.18. The molecule has 0 saturated carbocycles. The van der Waals surface area contributed by atoms with Crippen molar-refractivity contribution in [2.75, 3.05) is 5.73 Å². The molecule has 0 aliphatic heterocycles. The van der Waals surface area contributed by atoms with E-state index in [2.05, 4.69) is 4.74 Å². The maximum absolute atomic E-state index is 12.0. The molecule has 0 bridgehead atoms. The normalized spacial score (nSPS) is 10.4. The fraction of sp³-hybridized carbons (Fsp3) is 0.222. The number of halogens is 2.